The average Bonchev–Trinajstić information content (AvgIpc) is 3.57. The van der Waals surface area contributed by atoms with Crippen LogP contribution in [0.25, 0.3) is 11.2 Å². The summed E-state index contributed by atoms with van der Waals surface area (Å²) >= 11 is 0. The third kappa shape index (κ3) is 6.30. The van der Waals surface area contributed by atoms with Crippen LogP contribution in [-0.2, 0) is 30.0 Å². The van der Waals surface area contributed by atoms with Crippen molar-refractivity contribution in [3.63, 3.8) is 0 Å². The van der Waals surface area contributed by atoms with Crippen molar-refractivity contribution in [3.05, 3.63) is 78.9 Å². The van der Waals surface area contributed by atoms with E-state index in [-0.39, 0.29) is 31.2 Å². The van der Waals surface area contributed by atoms with E-state index in [1.165, 1.54) is 19.6 Å². The van der Waals surface area contributed by atoms with Crippen molar-refractivity contribution in [2.45, 2.75) is 44.4 Å². The minimum atomic E-state index is -4.25. The number of para-hydroxylation sites is 1. The van der Waals surface area contributed by atoms with Gasteiger partial charge in [-0.15, -0.1) is 0 Å². The van der Waals surface area contributed by atoms with Crippen molar-refractivity contribution in [2.75, 3.05) is 12.3 Å². The number of ether oxygens (including phenoxy) is 2. The van der Waals surface area contributed by atoms with Crippen LogP contribution in [0.5, 0.6) is 5.75 Å². The molecule has 4 N–H and O–H groups in total. The summed E-state index contributed by atoms with van der Waals surface area (Å²) in [6.45, 7) is 1.24. The van der Waals surface area contributed by atoms with Gasteiger partial charge >= 0.3 is 13.7 Å². The molecule has 0 aliphatic carbocycles. The van der Waals surface area contributed by atoms with Crippen molar-refractivity contribution in [1.82, 2.24) is 24.6 Å². The summed E-state index contributed by atoms with van der Waals surface area (Å²) in [6, 6.07) is 16.5. The molecule has 1 fully saturated rings. The highest BCUT2D eigenvalue weighted by Gasteiger charge is 2.44. The third-order valence-corrected chi connectivity index (χ3v) is 7.89. The first kappa shape index (κ1) is 27.7. The number of anilines is 1. The van der Waals surface area contributed by atoms with Gasteiger partial charge in [-0.2, -0.15) is 5.09 Å². The second-order valence-electron chi connectivity index (χ2n) is 9.14. The number of nitrogens with two attached hydrogens (primary N) is 1. The number of imidazole rings is 1. The van der Waals surface area contributed by atoms with Crippen LogP contribution in [0.2, 0.25) is 0 Å². The minimum absolute atomic E-state index is 0.0474. The highest BCUT2D eigenvalue weighted by Crippen LogP contribution is 2.50. The molecule has 0 amide bonds. The van der Waals surface area contributed by atoms with Gasteiger partial charge in [-0.25, -0.2) is 19.5 Å². The van der Waals surface area contributed by atoms with E-state index in [9.17, 15) is 14.5 Å². The molecular formula is C26H29N6O7P. The largest absolute Gasteiger partial charge is 0.460 e. The van der Waals surface area contributed by atoms with E-state index >= 15 is 0 Å². The quantitative estimate of drug-likeness (QED) is 0.179. The van der Waals surface area contributed by atoms with Gasteiger partial charge in [-0.1, -0.05) is 48.5 Å². The molecular weight excluding hydrogens is 539 g/mol. The van der Waals surface area contributed by atoms with Gasteiger partial charge in [0.2, 0.25) is 0 Å². The normalized spacial score (nSPS) is 21.1. The summed E-state index contributed by atoms with van der Waals surface area (Å²) in [5.74, 6) is -0.212. The van der Waals surface area contributed by atoms with E-state index in [1.54, 1.807) is 34.9 Å². The van der Waals surface area contributed by atoms with E-state index in [1.807, 2.05) is 30.3 Å². The molecule has 1 aliphatic heterocycles. The summed E-state index contributed by atoms with van der Waals surface area (Å²) in [4.78, 5) is 25.3. The highest BCUT2D eigenvalue weighted by molar-refractivity contribution is 7.52. The predicted octanol–water partition coefficient (Wildman–Crippen LogP) is 2.98. The number of nitrogens with zero attached hydrogens (tertiary/aromatic N) is 4. The topological polar surface area (TPSA) is 173 Å². The average molecular weight is 569 g/mol. The second-order valence-corrected chi connectivity index (χ2v) is 10.8. The van der Waals surface area contributed by atoms with Crippen LogP contribution in [0, 0.1) is 0 Å². The van der Waals surface area contributed by atoms with Crippen LogP contribution in [-0.4, -0.2) is 55.5 Å². The molecule has 1 saturated heterocycles. The summed E-state index contributed by atoms with van der Waals surface area (Å²) in [6.07, 6.45) is 0.476. The number of rotatable bonds is 11. The highest BCUT2D eigenvalue weighted by atomic mass is 31.2. The number of aliphatic hydroxyl groups is 1. The van der Waals surface area contributed by atoms with Crippen LogP contribution in [0.1, 0.15) is 25.1 Å². The molecule has 40 heavy (non-hydrogen) atoms. The molecule has 3 heterocycles. The molecule has 2 aromatic carbocycles. The number of fused-ring (bicyclic) bond motifs is 1. The Hall–Kier alpha value is -3.87. The molecule has 210 valence electrons. The SMILES string of the molecule is C[C@H](NP(=O)(Oc1ccccc1)O[C@H]1C[C@@H](CO)OC1n1cnc2c(N)ncnc21)C(=O)OCc1ccccc1. The molecule has 1 aliphatic rings. The van der Waals surface area contributed by atoms with Gasteiger partial charge in [0.15, 0.2) is 17.7 Å². The fourth-order valence-electron chi connectivity index (χ4n) is 4.25. The third-order valence-electron chi connectivity index (χ3n) is 6.18. The molecule has 0 spiro atoms. The maximum atomic E-state index is 14.2. The summed E-state index contributed by atoms with van der Waals surface area (Å²) in [7, 11) is -4.25. The number of esters is 1. The lowest BCUT2D eigenvalue weighted by Crippen LogP contribution is -2.36. The van der Waals surface area contributed by atoms with E-state index in [4.69, 9.17) is 24.3 Å². The number of hydrogen-bond acceptors (Lipinski definition) is 11. The van der Waals surface area contributed by atoms with Crippen LogP contribution in [0.4, 0.5) is 5.82 Å². The van der Waals surface area contributed by atoms with Gasteiger partial charge in [-0.3, -0.25) is 13.9 Å². The summed E-state index contributed by atoms with van der Waals surface area (Å²) in [5.41, 5.74) is 7.46. The Morgan fingerprint density at radius 2 is 1.90 bits per heavy atom. The van der Waals surface area contributed by atoms with Gasteiger partial charge < -0.3 is 24.8 Å². The Bertz CT molecular complexity index is 1490. The maximum absolute atomic E-state index is 14.2. The lowest BCUT2D eigenvalue weighted by Gasteiger charge is -2.27. The van der Waals surface area contributed by atoms with Crippen molar-refractivity contribution in [1.29, 1.82) is 0 Å². The number of benzene rings is 2. The number of aromatic nitrogens is 4. The number of hydrogen-bond donors (Lipinski definition) is 3. The Balaban J connectivity index is 1.38. The zero-order valence-electron chi connectivity index (χ0n) is 21.6. The number of aliphatic hydroxyl groups excluding tert-OH is 1. The van der Waals surface area contributed by atoms with Gasteiger partial charge in [0, 0.05) is 6.42 Å². The first-order valence-electron chi connectivity index (χ1n) is 12.6. The van der Waals surface area contributed by atoms with Crippen molar-refractivity contribution in [3.8, 4) is 5.75 Å². The first-order chi connectivity index (χ1) is 19.3. The zero-order chi connectivity index (χ0) is 28.1. The molecule has 5 rings (SSSR count). The monoisotopic (exact) mass is 568 g/mol. The lowest BCUT2D eigenvalue weighted by atomic mass is 10.2. The molecule has 2 aromatic heterocycles. The first-order valence-corrected chi connectivity index (χ1v) is 14.1. The molecule has 2 unspecified atom stereocenters. The summed E-state index contributed by atoms with van der Waals surface area (Å²) < 4.78 is 39.1. The van der Waals surface area contributed by atoms with Crippen molar-refractivity contribution in [2.24, 2.45) is 0 Å². The fourth-order valence-corrected chi connectivity index (χ4v) is 5.93. The lowest BCUT2D eigenvalue weighted by molar-refractivity contribution is -0.146. The van der Waals surface area contributed by atoms with Crippen molar-refractivity contribution < 1.29 is 33.0 Å². The molecule has 0 saturated carbocycles. The maximum Gasteiger partial charge on any atom is 0.459 e. The van der Waals surface area contributed by atoms with Gasteiger partial charge in [0.05, 0.1) is 19.0 Å². The van der Waals surface area contributed by atoms with E-state index in [0.717, 1.165) is 5.56 Å². The fraction of sp³-hybridized carbons (Fsp3) is 0.308. The Labute approximate surface area is 229 Å². The second kappa shape index (κ2) is 12.1. The number of nitrogens with one attached hydrogen (secondary N) is 1. The van der Waals surface area contributed by atoms with Crippen LogP contribution < -0.4 is 15.3 Å². The predicted molar refractivity (Wildman–Crippen MR) is 144 cm³/mol. The standard InChI is InChI=1S/C26H29N6O7P/c1-17(26(34)36-14-18-8-4-2-5-9-18)31-40(35,38-19-10-6-3-7-11-19)39-21-12-20(13-33)37-25(21)32-16-30-22-23(27)28-15-29-24(22)32/h2-11,15-17,20-21,25,33H,12-14H2,1H3,(H,31,35)(H2,27,28,29)/t17-,20-,21-,25?,40?/m0/s1. The Morgan fingerprint density at radius 3 is 2.62 bits per heavy atom. The van der Waals surface area contributed by atoms with Crippen LogP contribution >= 0.6 is 7.75 Å². The minimum Gasteiger partial charge on any atom is -0.460 e. The Morgan fingerprint density at radius 1 is 1.18 bits per heavy atom. The molecule has 0 radical (unpaired) electrons. The van der Waals surface area contributed by atoms with Gasteiger partial charge in [0.25, 0.3) is 0 Å². The molecule has 13 nitrogen and oxygen atoms in total. The molecule has 14 heteroatoms. The zero-order valence-corrected chi connectivity index (χ0v) is 22.5. The van der Waals surface area contributed by atoms with Crippen LogP contribution in [0.15, 0.2) is 73.3 Å². The molecule has 5 atom stereocenters. The molecule has 4 aromatic rings. The van der Waals surface area contributed by atoms with Crippen LogP contribution in [0.3, 0.4) is 0 Å². The number of carbonyl (C=O) groups excluding carboxylic acids is 1. The van der Waals surface area contributed by atoms with E-state index in [0.29, 0.717) is 11.2 Å². The number of carbonyl (C=O) groups is 1. The smallest absolute Gasteiger partial charge is 0.459 e. The van der Waals surface area contributed by atoms with E-state index < -0.39 is 38.2 Å². The van der Waals surface area contributed by atoms with Gasteiger partial charge in [0.1, 0.15) is 36.3 Å². The van der Waals surface area contributed by atoms with E-state index in [2.05, 4.69) is 20.0 Å². The number of nitrogen functional groups attached to an aromatic ring is 1. The Kier molecular flexibility index (Phi) is 8.38. The van der Waals surface area contributed by atoms with Gasteiger partial charge in [-0.05, 0) is 24.6 Å². The molecule has 0 bridgehead atoms. The van der Waals surface area contributed by atoms with Crippen molar-refractivity contribution >= 4 is 30.7 Å². The summed E-state index contributed by atoms with van der Waals surface area (Å²) in [5, 5.41) is 12.5.